The Balaban J connectivity index is 1.39. The second-order valence-corrected chi connectivity index (χ2v) is 7.96. The molecule has 0 saturated carbocycles. The van der Waals surface area contributed by atoms with Gasteiger partial charge in [0, 0.05) is 11.3 Å². The van der Waals surface area contributed by atoms with Crippen LogP contribution in [-0.4, -0.2) is 34.5 Å². The molecule has 0 radical (unpaired) electrons. The number of rotatable bonds is 9. The summed E-state index contributed by atoms with van der Waals surface area (Å²) in [6.07, 6.45) is 0. The average Bonchev–Trinajstić information content (AvgIpc) is 3.23. The minimum atomic E-state index is -0.251. The molecule has 4 rings (SSSR count). The predicted molar refractivity (Wildman–Crippen MR) is 134 cm³/mol. The fourth-order valence-electron chi connectivity index (χ4n) is 3.31. The van der Waals surface area contributed by atoms with Gasteiger partial charge in [0.05, 0.1) is 13.7 Å². The summed E-state index contributed by atoms with van der Waals surface area (Å²) in [7, 11) is 1.56. The van der Waals surface area contributed by atoms with E-state index in [4.69, 9.17) is 21.7 Å². The first kappa shape index (κ1) is 23.1. The van der Waals surface area contributed by atoms with Crippen molar-refractivity contribution < 1.29 is 14.3 Å². The molecule has 0 aliphatic heterocycles. The maximum absolute atomic E-state index is 12.2. The van der Waals surface area contributed by atoms with Gasteiger partial charge in [-0.3, -0.25) is 4.79 Å². The van der Waals surface area contributed by atoms with Crippen LogP contribution in [0.25, 0.3) is 11.4 Å². The van der Waals surface area contributed by atoms with Gasteiger partial charge < -0.3 is 20.2 Å². The number of benzene rings is 3. The number of nitrogens with one attached hydrogen (secondary N) is 3. The van der Waals surface area contributed by atoms with E-state index in [1.165, 1.54) is 0 Å². The molecule has 3 N–H and O–H groups in total. The fourth-order valence-corrected chi connectivity index (χ4v) is 3.51. The Morgan fingerprint density at radius 3 is 2.56 bits per heavy atom. The number of nitrogens with zero attached hydrogens (tertiary/aromatic N) is 2. The third-order valence-electron chi connectivity index (χ3n) is 5.07. The number of H-pyrrole nitrogens is 1. The van der Waals surface area contributed by atoms with Crippen molar-refractivity contribution in [2.45, 2.75) is 13.5 Å². The number of hydrogen-bond donors (Lipinski definition) is 3. The van der Waals surface area contributed by atoms with Crippen molar-refractivity contribution in [2.24, 2.45) is 0 Å². The smallest absolute Gasteiger partial charge is 0.262 e. The summed E-state index contributed by atoms with van der Waals surface area (Å²) in [4.78, 5) is 12.2. The van der Waals surface area contributed by atoms with Crippen molar-refractivity contribution in [2.75, 3.05) is 24.5 Å². The van der Waals surface area contributed by atoms with Crippen LogP contribution in [0.1, 0.15) is 11.1 Å². The van der Waals surface area contributed by atoms with Gasteiger partial charge in [-0.15, -0.1) is 0 Å². The number of ether oxygens (including phenoxy) is 2. The lowest BCUT2D eigenvalue weighted by atomic mass is 10.2. The molecular weight excluding hydrogens is 450 g/mol. The van der Waals surface area contributed by atoms with Crippen LogP contribution in [0, 0.1) is 11.7 Å². The van der Waals surface area contributed by atoms with Crippen molar-refractivity contribution in [3.8, 4) is 22.9 Å². The number of carbonyl (C=O) groups excluding carboxylic acids is 1. The molecule has 0 aliphatic carbocycles. The first-order valence-electron chi connectivity index (χ1n) is 10.7. The largest absolute Gasteiger partial charge is 0.493 e. The van der Waals surface area contributed by atoms with Crippen LogP contribution in [-0.2, 0) is 11.3 Å². The van der Waals surface area contributed by atoms with Crippen molar-refractivity contribution in [1.29, 1.82) is 0 Å². The summed E-state index contributed by atoms with van der Waals surface area (Å²) in [6, 6.07) is 22.9. The molecule has 0 saturated heterocycles. The first-order valence-corrected chi connectivity index (χ1v) is 11.1. The van der Waals surface area contributed by atoms with Crippen molar-refractivity contribution >= 4 is 23.8 Å². The molecule has 8 nitrogen and oxygen atoms in total. The molecule has 1 heterocycles. The van der Waals surface area contributed by atoms with E-state index in [1.807, 2.05) is 73.7 Å². The number of hydrogen-bond acceptors (Lipinski definition) is 6. The minimum absolute atomic E-state index is 0.132. The summed E-state index contributed by atoms with van der Waals surface area (Å²) >= 11 is 5.37. The lowest BCUT2D eigenvalue weighted by Crippen LogP contribution is -2.20. The van der Waals surface area contributed by atoms with Gasteiger partial charge in [-0.05, 0) is 49.0 Å². The maximum Gasteiger partial charge on any atom is 0.262 e. The Morgan fingerprint density at radius 2 is 1.82 bits per heavy atom. The molecule has 4 aromatic rings. The van der Waals surface area contributed by atoms with Gasteiger partial charge in [0.2, 0.25) is 4.77 Å². The van der Waals surface area contributed by atoms with Crippen LogP contribution in [0.15, 0.2) is 72.8 Å². The Labute approximate surface area is 202 Å². The van der Waals surface area contributed by atoms with Gasteiger partial charge in [-0.25, -0.2) is 9.77 Å². The molecule has 1 amide bonds. The van der Waals surface area contributed by atoms with Crippen LogP contribution in [0.5, 0.6) is 11.5 Å². The lowest BCUT2D eigenvalue weighted by Gasteiger charge is -2.14. The predicted octanol–water partition coefficient (Wildman–Crippen LogP) is 4.69. The van der Waals surface area contributed by atoms with Gasteiger partial charge in [0.1, 0.15) is 0 Å². The zero-order valence-electron chi connectivity index (χ0n) is 18.9. The highest BCUT2D eigenvalue weighted by Gasteiger charge is 2.11. The molecule has 174 valence electrons. The molecule has 34 heavy (non-hydrogen) atoms. The number of aromatic amines is 1. The Morgan fingerprint density at radius 1 is 1.06 bits per heavy atom. The molecule has 0 spiro atoms. The lowest BCUT2D eigenvalue weighted by molar-refractivity contribution is -0.118. The van der Waals surface area contributed by atoms with E-state index < -0.39 is 0 Å². The Bertz CT molecular complexity index is 1320. The van der Waals surface area contributed by atoms with Gasteiger partial charge in [-0.2, -0.15) is 5.10 Å². The number of carbonyl (C=O) groups is 1. The van der Waals surface area contributed by atoms with E-state index in [0.717, 1.165) is 22.4 Å². The average molecular weight is 476 g/mol. The van der Waals surface area contributed by atoms with Crippen LogP contribution in [0.2, 0.25) is 0 Å². The SMILES string of the molecule is COc1cc(CNn2c(-c3ccccc3)n[nH]c2=S)ccc1OCC(=O)Nc1ccc(C)cc1. The van der Waals surface area contributed by atoms with Gasteiger partial charge in [0.25, 0.3) is 5.91 Å². The van der Waals surface area contributed by atoms with E-state index >= 15 is 0 Å². The number of aromatic nitrogens is 3. The van der Waals surface area contributed by atoms with Crippen molar-refractivity contribution in [3.63, 3.8) is 0 Å². The second kappa shape index (κ2) is 10.7. The van der Waals surface area contributed by atoms with E-state index in [2.05, 4.69) is 20.9 Å². The molecular formula is C25H25N5O3S. The van der Waals surface area contributed by atoms with Gasteiger partial charge in [-0.1, -0.05) is 54.1 Å². The third-order valence-corrected chi connectivity index (χ3v) is 5.34. The van der Waals surface area contributed by atoms with Crippen molar-refractivity contribution in [3.05, 3.63) is 88.7 Å². The summed E-state index contributed by atoms with van der Waals surface area (Å²) in [5, 5.41) is 9.96. The van der Waals surface area contributed by atoms with Gasteiger partial charge >= 0.3 is 0 Å². The van der Waals surface area contributed by atoms with Crippen LogP contribution < -0.4 is 20.2 Å². The molecule has 0 bridgehead atoms. The highest BCUT2D eigenvalue weighted by Crippen LogP contribution is 2.28. The number of methoxy groups -OCH3 is 1. The Hall–Kier alpha value is -4.11. The summed E-state index contributed by atoms with van der Waals surface area (Å²) in [6.45, 7) is 2.33. The standard InChI is InChI=1S/C25H25N5O3S/c1-17-8-11-20(12-9-17)27-23(31)16-33-21-13-10-18(14-22(21)32-2)15-26-30-24(28-29-25(30)34)19-6-4-3-5-7-19/h3-14,26H,15-16H2,1-2H3,(H,27,31)(H,29,34). The quantitative estimate of drug-likeness (QED) is 0.304. The monoisotopic (exact) mass is 475 g/mol. The van der Waals surface area contributed by atoms with E-state index in [-0.39, 0.29) is 12.5 Å². The number of aryl methyl sites for hydroxylation is 1. The molecule has 1 aromatic heterocycles. The minimum Gasteiger partial charge on any atom is -0.493 e. The first-order chi connectivity index (χ1) is 16.5. The summed E-state index contributed by atoms with van der Waals surface area (Å²) in [5.74, 6) is 1.45. The van der Waals surface area contributed by atoms with Crippen LogP contribution in [0.3, 0.4) is 0 Å². The van der Waals surface area contributed by atoms with Crippen LogP contribution >= 0.6 is 12.2 Å². The summed E-state index contributed by atoms with van der Waals surface area (Å²) < 4.78 is 13.4. The maximum atomic E-state index is 12.2. The van der Waals surface area contributed by atoms with E-state index in [9.17, 15) is 4.79 Å². The zero-order chi connectivity index (χ0) is 23.9. The number of amides is 1. The normalized spacial score (nSPS) is 10.5. The molecule has 0 unspecified atom stereocenters. The zero-order valence-corrected chi connectivity index (χ0v) is 19.7. The molecule has 3 aromatic carbocycles. The molecule has 9 heteroatoms. The Kier molecular flexibility index (Phi) is 7.24. The van der Waals surface area contributed by atoms with E-state index in [1.54, 1.807) is 17.9 Å². The summed E-state index contributed by atoms with van der Waals surface area (Å²) in [5.41, 5.74) is 7.01. The highest BCUT2D eigenvalue weighted by molar-refractivity contribution is 7.71. The number of anilines is 1. The highest BCUT2D eigenvalue weighted by atomic mass is 32.1. The van der Waals surface area contributed by atoms with Crippen LogP contribution in [0.4, 0.5) is 5.69 Å². The van der Waals surface area contributed by atoms with E-state index in [0.29, 0.717) is 28.6 Å². The second-order valence-electron chi connectivity index (χ2n) is 7.58. The van der Waals surface area contributed by atoms with Gasteiger partial charge in [0.15, 0.2) is 23.9 Å². The molecule has 0 atom stereocenters. The third kappa shape index (κ3) is 5.62. The fraction of sp³-hybridized carbons (Fsp3) is 0.160. The molecule has 0 aliphatic rings. The topological polar surface area (TPSA) is 93.2 Å². The molecule has 0 fully saturated rings. The van der Waals surface area contributed by atoms with Crippen molar-refractivity contribution in [1.82, 2.24) is 14.9 Å².